The number of ether oxygens (including phenoxy) is 2. The first-order valence-corrected chi connectivity index (χ1v) is 9.11. The van der Waals surface area contributed by atoms with Gasteiger partial charge in [-0.1, -0.05) is 6.92 Å². The molecule has 8 heteroatoms. The average Bonchev–Trinajstić information content (AvgIpc) is 3.16. The molecule has 1 amide bonds. The lowest BCUT2D eigenvalue weighted by atomic mass is 10.1. The summed E-state index contributed by atoms with van der Waals surface area (Å²) in [6.45, 7) is 3.68. The molecule has 1 unspecified atom stereocenters. The Kier molecular flexibility index (Phi) is 6.97. The molecule has 0 saturated carbocycles. The minimum atomic E-state index is -1.05. The Hall–Kier alpha value is -2.61. The number of aliphatic carboxylic acids is 1. The molecule has 0 aliphatic carbocycles. The van der Waals surface area contributed by atoms with Gasteiger partial charge in [0, 0.05) is 17.0 Å². The first-order valence-electron chi connectivity index (χ1n) is 8.16. The molecule has 0 radical (unpaired) electrons. The van der Waals surface area contributed by atoms with Crippen molar-refractivity contribution in [2.45, 2.75) is 32.9 Å². The molecule has 0 bridgehead atoms. The van der Waals surface area contributed by atoms with Gasteiger partial charge in [-0.2, -0.15) is 0 Å². The van der Waals surface area contributed by atoms with Crippen molar-refractivity contribution in [3.05, 3.63) is 40.3 Å². The van der Waals surface area contributed by atoms with Crippen molar-refractivity contribution in [3.63, 3.8) is 0 Å². The number of amides is 1. The average molecular weight is 378 g/mol. The van der Waals surface area contributed by atoms with Crippen molar-refractivity contribution in [2.24, 2.45) is 0 Å². The van der Waals surface area contributed by atoms with Gasteiger partial charge in [0.05, 0.1) is 18.3 Å². The minimum absolute atomic E-state index is 0.190. The molecule has 140 valence electrons. The van der Waals surface area contributed by atoms with Crippen LogP contribution in [0.4, 0.5) is 0 Å². The van der Waals surface area contributed by atoms with E-state index in [-0.39, 0.29) is 18.5 Å². The molecule has 1 aromatic carbocycles. The highest BCUT2D eigenvalue weighted by atomic mass is 32.1. The number of benzene rings is 1. The lowest BCUT2D eigenvalue weighted by Gasteiger charge is -2.27. The molecule has 0 fully saturated rings. The lowest BCUT2D eigenvalue weighted by Crippen LogP contribution is -2.41. The third-order valence-electron chi connectivity index (χ3n) is 3.96. The standard InChI is InChI=1S/C18H22N2O5S/c1-4-12(2)20(8-17(21)22)18(23)13-5-6-15(16(7-13)24-3)25-9-14-10-26-11-19-14/h5-7,10-12H,4,8-9H2,1-3H3,(H,21,22). The van der Waals surface area contributed by atoms with Crippen molar-refractivity contribution < 1.29 is 24.2 Å². The topological polar surface area (TPSA) is 89.0 Å². The van der Waals surface area contributed by atoms with E-state index in [1.807, 2.05) is 19.2 Å². The van der Waals surface area contributed by atoms with Crippen LogP contribution in [0.2, 0.25) is 0 Å². The van der Waals surface area contributed by atoms with E-state index in [1.165, 1.54) is 23.3 Å². The van der Waals surface area contributed by atoms with Crippen LogP contribution in [0, 0.1) is 0 Å². The summed E-state index contributed by atoms with van der Waals surface area (Å²) >= 11 is 1.48. The van der Waals surface area contributed by atoms with Gasteiger partial charge in [0.1, 0.15) is 13.2 Å². The number of carbonyl (C=O) groups is 2. The number of carbonyl (C=O) groups excluding carboxylic acids is 1. The summed E-state index contributed by atoms with van der Waals surface area (Å²) in [6.07, 6.45) is 0.658. The molecule has 0 aliphatic heterocycles. The highest BCUT2D eigenvalue weighted by molar-refractivity contribution is 7.07. The van der Waals surface area contributed by atoms with Crippen LogP contribution < -0.4 is 9.47 Å². The van der Waals surface area contributed by atoms with Crippen molar-refractivity contribution in [1.82, 2.24) is 9.88 Å². The summed E-state index contributed by atoms with van der Waals surface area (Å²) in [4.78, 5) is 29.3. The summed E-state index contributed by atoms with van der Waals surface area (Å²) in [7, 11) is 1.49. The molecule has 1 N–H and O–H groups in total. The zero-order chi connectivity index (χ0) is 19.1. The van der Waals surface area contributed by atoms with E-state index in [2.05, 4.69) is 4.98 Å². The van der Waals surface area contributed by atoms with Gasteiger partial charge >= 0.3 is 5.97 Å². The molecule has 1 atom stereocenters. The molecule has 7 nitrogen and oxygen atoms in total. The number of carboxylic acid groups (broad SMARTS) is 1. The maximum absolute atomic E-state index is 12.8. The largest absolute Gasteiger partial charge is 0.493 e. The zero-order valence-corrected chi connectivity index (χ0v) is 15.8. The number of nitrogens with zero attached hydrogens (tertiary/aromatic N) is 2. The Morgan fingerprint density at radius 3 is 2.69 bits per heavy atom. The third-order valence-corrected chi connectivity index (χ3v) is 4.59. The third kappa shape index (κ3) is 4.95. The van der Waals surface area contributed by atoms with Crippen molar-refractivity contribution in [3.8, 4) is 11.5 Å². The number of hydrogen-bond donors (Lipinski definition) is 1. The van der Waals surface area contributed by atoms with Gasteiger partial charge in [-0.25, -0.2) is 4.98 Å². The van der Waals surface area contributed by atoms with Crippen molar-refractivity contribution in [2.75, 3.05) is 13.7 Å². The summed E-state index contributed by atoms with van der Waals surface area (Å²) in [5.74, 6) is -0.504. The molecule has 1 heterocycles. The Labute approximate surface area is 156 Å². The van der Waals surface area contributed by atoms with Gasteiger partial charge in [0.2, 0.25) is 0 Å². The van der Waals surface area contributed by atoms with E-state index >= 15 is 0 Å². The second-order valence-corrected chi connectivity index (χ2v) is 6.44. The van der Waals surface area contributed by atoms with E-state index in [4.69, 9.17) is 14.6 Å². The lowest BCUT2D eigenvalue weighted by molar-refractivity contribution is -0.138. The molecule has 2 rings (SSSR count). The molecule has 1 aromatic heterocycles. The van der Waals surface area contributed by atoms with Gasteiger partial charge < -0.3 is 19.5 Å². The Bertz CT molecular complexity index is 748. The molecule has 0 aliphatic rings. The second kappa shape index (κ2) is 9.19. The molecule has 0 saturated heterocycles. The summed E-state index contributed by atoms with van der Waals surface area (Å²) in [6, 6.07) is 4.63. The number of aromatic nitrogens is 1. The normalized spacial score (nSPS) is 11.7. The van der Waals surface area contributed by atoms with Crippen LogP contribution in [-0.4, -0.2) is 46.6 Å². The monoisotopic (exact) mass is 378 g/mol. The Morgan fingerprint density at radius 2 is 2.12 bits per heavy atom. The molecule has 2 aromatic rings. The number of carboxylic acids is 1. The van der Waals surface area contributed by atoms with Crippen LogP contribution in [0.5, 0.6) is 11.5 Å². The van der Waals surface area contributed by atoms with E-state index < -0.39 is 5.97 Å². The van der Waals surface area contributed by atoms with Crippen molar-refractivity contribution in [1.29, 1.82) is 0 Å². The fourth-order valence-electron chi connectivity index (χ4n) is 2.34. The maximum atomic E-state index is 12.8. The van der Waals surface area contributed by atoms with Gasteiger partial charge in [0.25, 0.3) is 5.91 Å². The number of hydrogen-bond acceptors (Lipinski definition) is 6. The smallest absolute Gasteiger partial charge is 0.323 e. The van der Waals surface area contributed by atoms with Gasteiger partial charge in [-0.15, -0.1) is 11.3 Å². The highest BCUT2D eigenvalue weighted by Crippen LogP contribution is 2.29. The Balaban J connectivity index is 2.20. The predicted octanol–water partition coefficient (Wildman–Crippen LogP) is 3.06. The van der Waals surface area contributed by atoms with Gasteiger partial charge in [0.15, 0.2) is 11.5 Å². The van der Waals surface area contributed by atoms with Crippen LogP contribution >= 0.6 is 11.3 Å². The van der Waals surface area contributed by atoms with E-state index in [0.29, 0.717) is 30.1 Å². The summed E-state index contributed by atoms with van der Waals surface area (Å²) < 4.78 is 11.0. The SMILES string of the molecule is CCC(C)N(CC(=O)O)C(=O)c1ccc(OCc2cscn2)c(OC)c1. The number of rotatable bonds is 9. The van der Waals surface area contributed by atoms with Crippen LogP contribution in [0.1, 0.15) is 36.3 Å². The second-order valence-electron chi connectivity index (χ2n) is 5.72. The minimum Gasteiger partial charge on any atom is -0.493 e. The molecule has 26 heavy (non-hydrogen) atoms. The van der Waals surface area contributed by atoms with Crippen LogP contribution in [0.25, 0.3) is 0 Å². The first kappa shape index (κ1) is 19.7. The highest BCUT2D eigenvalue weighted by Gasteiger charge is 2.24. The molecular weight excluding hydrogens is 356 g/mol. The number of methoxy groups -OCH3 is 1. The van der Waals surface area contributed by atoms with E-state index in [0.717, 1.165) is 5.69 Å². The first-order chi connectivity index (χ1) is 12.5. The van der Waals surface area contributed by atoms with Crippen LogP contribution in [0.15, 0.2) is 29.1 Å². The van der Waals surface area contributed by atoms with Crippen molar-refractivity contribution >= 4 is 23.2 Å². The predicted molar refractivity (Wildman–Crippen MR) is 97.9 cm³/mol. The fraction of sp³-hybridized carbons (Fsp3) is 0.389. The molecular formula is C18H22N2O5S. The van der Waals surface area contributed by atoms with Gasteiger partial charge in [-0.3, -0.25) is 9.59 Å². The van der Waals surface area contributed by atoms with Crippen LogP contribution in [0.3, 0.4) is 0 Å². The van der Waals surface area contributed by atoms with Crippen LogP contribution in [-0.2, 0) is 11.4 Å². The maximum Gasteiger partial charge on any atom is 0.323 e. The van der Waals surface area contributed by atoms with E-state index in [1.54, 1.807) is 23.7 Å². The number of thiazole rings is 1. The summed E-state index contributed by atoms with van der Waals surface area (Å²) in [5.41, 5.74) is 2.88. The summed E-state index contributed by atoms with van der Waals surface area (Å²) in [5, 5.41) is 11.0. The van der Waals surface area contributed by atoms with E-state index in [9.17, 15) is 9.59 Å². The quantitative estimate of drug-likeness (QED) is 0.721. The Morgan fingerprint density at radius 1 is 1.35 bits per heavy atom. The fourth-order valence-corrected chi connectivity index (χ4v) is 2.88. The van der Waals surface area contributed by atoms with Gasteiger partial charge in [-0.05, 0) is 31.5 Å². The molecule has 0 spiro atoms. The zero-order valence-electron chi connectivity index (χ0n) is 15.0.